The number of hydrogen-bond donors (Lipinski definition) is 1. The highest BCUT2D eigenvalue weighted by atomic mass is 32.2. The largest absolute Gasteiger partial charge is 0.464 e. The van der Waals surface area contributed by atoms with Crippen LogP contribution < -0.4 is 5.32 Å². The quantitative estimate of drug-likeness (QED) is 0.900. The van der Waals surface area contributed by atoms with Crippen molar-refractivity contribution in [3.63, 3.8) is 0 Å². The first kappa shape index (κ1) is 16.2. The van der Waals surface area contributed by atoms with Crippen molar-refractivity contribution in [3.8, 4) is 0 Å². The highest BCUT2D eigenvalue weighted by molar-refractivity contribution is 7.89. The van der Waals surface area contributed by atoms with Gasteiger partial charge in [0.05, 0.1) is 6.54 Å². The molecule has 0 bridgehead atoms. The van der Waals surface area contributed by atoms with E-state index in [1.165, 1.54) is 4.31 Å². The lowest BCUT2D eigenvalue weighted by Crippen LogP contribution is -2.34. The first-order valence-corrected chi connectivity index (χ1v) is 7.72. The fourth-order valence-electron chi connectivity index (χ4n) is 1.96. The van der Waals surface area contributed by atoms with Gasteiger partial charge in [0.15, 0.2) is 0 Å². The van der Waals surface area contributed by atoms with Crippen molar-refractivity contribution < 1.29 is 12.8 Å². The van der Waals surface area contributed by atoms with Crippen molar-refractivity contribution in [2.24, 2.45) is 5.41 Å². The first-order chi connectivity index (χ1) is 8.58. The Morgan fingerprint density at radius 2 is 1.95 bits per heavy atom. The van der Waals surface area contributed by atoms with Gasteiger partial charge in [0, 0.05) is 19.7 Å². The molecule has 0 fully saturated rings. The van der Waals surface area contributed by atoms with E-state index in [0.717, 1.165) is 0 Å². The summed E-state index contributed by atoms with van der Waals surface area (Å²) in [6, 6.07) is 1.60. The van der Waals surface area contributed by atoms with Crippen LogP contribution in [0.3, 0.4) is 0 Å². The van der Waals surface area contributed by atoms with Gasteiger partial charge in [-0.05, 0) is 19.4 Å². The van der Waals surface area contributed by atoms with E-state index in [-0.39, 0.29) is 10.3 Å². The molecule has 110 valence electrons. The maximum atomic E-state index is 12.5. The fourth-order valence-corrected chi connectivity index (χ4v) is 3.54. The smallest absolute Gasteiger partial charge is 0.246 e. The van der Waals surface area contributed by atoms with Crippen molar-refractivity contribution in [3.05, 3.63) is 17.6 Å². The van der Waals surface area contributed by atoms with Gasteiger partial charge in [0.1, 0.15) is 16.4 Å². The van der Waals surface area contributed by atoms with Gasteiger partial charge in [-0.3, -0.25) is 0 Å². The zero-order valence-electron chi connectivity index (χ0n) is 12.6. The molecule has 0 unspecified atom stereocenters. The van der Waals surface area contributed by atoms with Gasteiger partial charge in [-0.2, -0.15) is 0 Å². The van der Waals surface area contributed by atoms with Crippen LogP contribution in [0, 0.1) is 12.3 Å². The number of hydrogen-bond acceptors (Lipinski definition) is 4. The van der Waals surface area contributed by atoms with E-state index in [0.29, 0.717) is 24.6 Å². The molecule has 0 aliphatic carbocycles. The monoisotopic (exact) mass is 288 g/mol. The van der Waals surface area contributed by atoms with Crippen LogP contribution in [-0.2, 0) is 16.6 Å². The number of furan rings is 1. The maximum Gasteiger partial charge on any atom is 0.246 e. The van der Waals surface area contributed by atoms with Gasteiger partial charge in [-0.25, -0.2) is 12.7 Å². The summed E-state index contributed by atoms with van der Waals surface area (Å²) in [5.74, 6) is 1.06. The minimum atomic E-state index is -3.49. The minimum Gasteiger partial charge on any atom is -0.464 e. The van der Waals surface area contributed by atoms with Crippen LogP contribution in [-0.4, -0.2) is 33.4 Å². The van der Waals surface area contributed by atoms with E-state index >= 15 is 0 Å². The molecule has 0 saturated heterocycles. The average Bonchev–Trinajstić information content (AvgIpc) is 2.58. The van der Waals surface area contributed by atoms with Crippen LogP contribution in [0.4, 0.5) is 0 Å². The van der Waals surface area contributed by atoms with Crippen LogP contribution in [0.5, 0.6) is 0 Å². The van der Waals surface area contributed by atoms with Crippen LogP contribution in [0.25, 0.3) is 0 Å². The van der Waals surface area contributed by atoms with E-state index < -0.39 is 10.0 Å². The predicted molar refractivity (Wildman–Crippen MR) is 75.5 cm³/mol. The molecule has 0 amide bonds. The summed E-state index contributed by atoms with van der Waals surface area (Å²) in [4.78, 5) is 0.254. The van der Waals surface area contributed by atoms with E-state index in [9.17, 15) is 8.42 Å². The highest BCUT2D eigenvalue weighted by Crippen LogP contribution is 2.25. The Morgan fingerprint density at radius 1 is 1.37 bits per heavy atom. The maximum absolute atomic E-state index is 12.5. The first-order valence-electron chi connectivity index (χ1n) is 6.28. The van der Waals surface area contributed by atoms with Crippen molar-refractivity contribution >= 4 is 10.0 Å². The lowest BCUT2D eigenvalue weighted by atomic mass is 9.97. The lowest BCUT2D eigenvalue weighted by Gasteiger charge is -2.25. The Hall–Kier alpha value is -0.850. The van der Waals surface area contributed by atoms with Crippen molar-refractivity contribution in [1.82, 2.24) is 9.62 Å². The van der Waals surface area contributed by atoms with E-state index in [1.807, 2.05) is 20.8 Å². The summed E-state index contributed by atoms with van der Waals surface area (Å²) in [5, 5.41) is 2.94. The normalized spacial score (nSPS) is 13.2. The van der Waals surface area contributed by atoms with Gasteiger partial charge in [-0.15, -0.1) is 0 Å². The van der Waals surface area contributed by atoms with Gasteiger partial charge in [0.25, 0.3) is 0 Å². The second-order valence-corrected chi connectivity index (χ2v) is 8.00. The van der Waals surface area contributed by atoms with Gasteiger partial charge in [-0.1, -0.05) is 20.8 Å². The standard InChI is InChI=1S/C13H24N2O3S/c1-10-12(7-11(18-10)8-14-5)19(16,17)15(6)9-13(2,3)4/h7,14H,8-9H2,1-6H3. The topological polar surface area (TPSA) is 62.6 Å². The summed E-state index contributed by atoms with van der Waals surface area (Å²) >= 11 is 0. The molecule has 0 aliphatic heterocycles. The SMILES string of the molecule is CNCc1cc(S(=O)(=O)N(C)CC(C)(C)C)c(C)o1. The number of aryl methyl sites for hydroxylation is 1. The van der Waals surface area contributed by atoms with Gasteiger partial charge < -0.3 is 9.73 Å². The Kier molecular flexibility index (Phi) is 4.81. The number of sulfonamides is 1. The molecule has 1 aromatic rings. The molecule has 0 atom stereocenters. The molecule has 1 N–H and O–H groups in total. The molecular weight excluding hydrogens is 264 g/mol. The molecule has 5 nitrogen and oxygen atoms in total. The van der Waals surface area contributed by atoms with E-state index in [1.54, 1.807) is 27.1 Å². The predicted octanol–water partition coefficient (Wildman–Crippen LogP) is 1.97. The van der Waals surface area contributed by atoms with Crippen LogP contribution in [0.2, 0.25) is 0 Å². The Morgan fingerprint density at radius 3 is 2.42 bits per heavy atom. The van der Waals surface area contributed by atoms with E-state index in [4.69, 9.17) is 4.42 Å². The van der Waals surface area contributed by atoms with Crippen molar-refractivity contribution in [2.75, 3.05) is 20.6 Å². The zero-order valence-corrected chi connectivity index (χ0v) is 13.4. The summed E-state index contributed by atoms with van der Waals surface area (Å²) in [5.41, 5.74) is -0.0900. The molecule has 6 heteroatoms. The lowest BCUT2D eigenvalue weighted by molar-refractivity contribution is 0.310. The molecule has 1 aromatic heterocycles. The third kappa shape index (κ3) is 4.06. The molecule has 0 saturated carbocycles. The molecule has 1 rings (SSSR count). The molecule has 19 heavy (non-hydrogen) atoms. The second-order valence-electron chi connectivity index (χ2n) is 5.99. The third-order valence-corrected chi connectivity index (χ3v) is 4.57. The Labute approximate surface area is 116 Å². The van der Waals surface area contributed by atoms with Crippen LogP contribution >= 0.6 is 0 Å². The average molecular weight is 288 g/mol. The minimum absolute atomic E-state index is 0.0900. The Bertz CT molecular complexity index is 527. The van der Waals surface area contributed by atoms with Crippen LogP contribution in [0.1, 0.15) is 32.3 Å². The van der Waals surface area contributed by atoms with Gasteiger partial charge in [0.2, 0.25) is 10.0 Å². The molecule has 0 spiro atoms. The van der Waals surface area contributed by atoms with E-state index in [2.05, 4.69) is 5.32 Å². The van der Waals surface area contributed by atoms with Crippen LogP contribution in [0.15, 0.2) is 15.4 Å². The van der Waals surface area contributed by atoms with Crippen molar-refractivity contribution in [2.45, 2.75) is 39.1 Å². The highest BCUT2D eigenvalue weighted by Gasteiger charge is 2.28. The second kappa shape index (κ2) is 5.64. The van der Waals surface area contributed by atoms with Crippen molar-refractivity contribution in [1.29, 1.82) is 0 Å². The molecule has 1 heterocycles. The summed E-state index contributed by atoms with van der Waals surface area (Å²) in [6.45, 7) is 8.67. The number of rotatable bonds is 5. The number of nitrogens with one attached hydrogen (secondary N) is 1. The summed E-state index contributed by atoms with van der Waals surface area (Å²) < 4.78 is 31.8. The molecular formula is C13H24N2O3S. The summed E-state index contributed by atoms with van der Waals surface area (Å²) in [6.07, 6.45) is 0. The summed E-state index contributed by atoms with van der Waals surface area (Å²) in [7, 11) is -0.0971. The Balaban J connectivity index is 3.06. The molecule has 0 radical (unpaired) electrons. The zero-order chi connectivity index (χ0) is 14.8. The molecule has 0 aliphatic rings. The molecule has 0 aromatic carbocycles. The number of nitrogens with zero attached hydrogens (tertiary/aromatic N) is 1. The third-order valence-electron chi connectivity index (χ3n) is 2.66. The van der Waals surface area contributed by atoms with Gasteiger partial charge >= 0.3 is 0 Å². The fraction of sp³-hybridized carbons (Fsp3) is 0.692.